The fourth-order valence-electron chi connectivity index (χ4n) is 1.88. The highest BCUT2D eigenvalue weighted by atomic mass is 16.5. The highest BCUT2D eigenvalue weighted by Crippen LogP contribution is 2.19. The van der Waals surface area contributed by atoms with Gasteiger partial charge in [-0.25, -0.2) is 4.79 Å². The number of hydrogen-bond acceptors (Lipinski definition) is 3. The number of methoxy groups -OCH3 is 1. The first-order valence-corrected chi connectivity index (χ1v) is 7.06. The first kappa shape index (κ1) is 15.3. The van der Waals surface area contributed by atoms with Crippen LogP contribution in [0.5, 0.6) is 0 Å². The lowest BCUT2D eigenvalue weighted by atomic mass is 10.2. The second-order valence-electron chi connectivity index (χ2n) is 5.36. The minimum absolute atomic E-state index is 0.0116. The third-order valence-corrected chi connectivity index (χ3v) is 3.26. The van der Waals surface area contributed by atoms with Crippen molar-refractivity contribution in [2.24, 2.45) is 0 Å². The zero-order chi connectivity index (χ0) is 15.4. The average molecular weight is 290 g/mol. The second-order valence-corrected chi connectivity index (χ2v) is 5.36. The quantitative estimate of drug-likeness (QED) is 0.889. The summed E-state index contributed by atoms with van der Waals surface area (Å²) in [5.41, 5.74) is 1.66. The van der Waals surface area contributed by atoms with Crippen molar-refractivity contribution >= 4 is 22.6 Å². The molecule has 21 heavy (non-hydrogen) atoms. The Morgan fingerprint density at radius 1 is 1.38 bits per heavy atom. The molecule has 0 aliphatic rings. The maximum absolute atomic E-state index is 11.8. The lowest BCUT2D eigenvalue weighted by molar-refractivity contribution is 0.119. The smallest absolute Gasteiger partial charge is 0.319 e. The van der Waals surface area contributed by atoms with Crippen LogP contribution in [-0.4, -0.2) is 35.6 Å². The Labute approximate surface area is 124 Å². The standard InChI is InChI=1S/C15H22N4O2/c1-10(2)19-9-12-7-13(5-6-14(12)18-19)17-15(20)16-8-11(3)21-4/h5-7,9-11H,8H2,1-4H3,(H2,16,17,20)/t11-/m0/s1. The van der Waals surface area contributed by atoms with Gasteiger partial charge in [-0.15, -0.1) is 0 Å². The number of nitrogens with one attached hydrogen (secondary N) is 2. The predicted octanol–water partition coefficient (Wildman–Crippen LogP) is 2.77. The van der Waals surface area contributed by atoms with E-state index in [9.17, 15) is 4.79 Å². The molecule has 2 N–H and O–H groups in total. The normalized spacial score (nSPS) is 12.6. The Hall–Kier alpha value is -2.08. The third kappa shape index (κ3) is 3.95. The molecule has 2 aromatic rings. The Morgan fingerprint density at radius 2 is 2.14 bits per heavy atom. The van der Waals surface area contributed by atoms with Crippen LogP contribution in [0.3, 0.4) is 0 Å². The molecule has 114 valence electrons. The molecule has 6 heteroatoms. The highest BCUT2D eigenvalue weighted by molar-refractivity contribution is 5.92. The lowest BCUT2D eigenvalue weighted by Crippen LogP contribution is -2.34. The summed E-state index contributed by atoms with van der Waals surface area (Å²) in [6.07, 6.45) is 1.97. The van der Waals surface area contributed by atoms with E-state index in [0.717, 1.165) is 16.6 Å². The van der Waals surface area contributed by atoms with Gasteiger partial charge in [-0.3, -0.25) is 4.68 Å². The SMILES string of the molecule is CO[C@@H](C)CNC(=O)Nc1ccc2nn(C(C)C)cc2c1. The molecule has 0 aliphatic heterocycles. The minimum atomic E-state index is -0.241. The maximum Gasteiger partial charge on any atom is 0.319 e. The van der Waals surface area contributed by atoms with Crippen molar-refractivity contribution in [3.05, 3.63) is 24.4 Å². The maximum atomic E-state index is 11.8. The van der Waals surface area contributed by atoms with Gasteiger partial charge in [-0.1, -0.05) is 0 Å². The Morgan fingerprint density at radius 3 is 2.81 bits per heavy atom. The predicted molar refractivity (Wildman–Crippen MR) is 83.6 cm³/mol. The van der Waals surface area contributed by atoms with Gasteiger partial charge in [0.25, 0.3) is 0 Å². The van der Waals surface area contributed by atoms with Crippen molar-refractivity contribution in [1.82, 2.24) is 15.1 Å². The number of amides is 2. The fraction of sp³-hybridized carbons (Fsp3) is 0.467. The number of carbonyl (C=O) groups excluding carboxylic acids is 1. The van der Waals surface area contributed by atoms with Gasteiger partial charge in [0.1, 0.15) is 0 Å². The van der Waals surface area contributed by atoms with Crippen LogP contribution in [0.1, 0.15) is 26.8 Å². The summed E-state index contributed by atoms with van der Waals surface area (Å²) in [6.45, 7) is 6.52. The molecule has 2 amide bonds. The van der Waals surface area contributed by atoms with Gasteiger partial charge >= 0.3 is 6.03 Å². The van der Waals surface area contributed by atoms with Crippen LogP contribution < -0.4 is 10.6 Å². The molecule has 2 rings (SSSR count). The molecule has 0 radical (unpaired) electrons. The molecule has 0 aliphatic carbocycles. The van der Waals surface area contributed by atoms with E-state index in [2.05, 4.69) is 29.6 Å². The molecule has 1 aromatic carbocycles. The summed E-state index contributed by atoms with van der Waals surface area (Å²) in [5, 5.41) is 11.0. The highest BCUT2D eigenvalue weighted by Gasteiger charge is 2.07. The van der Waals surface area contributed by atoms with Crippen molar-refractivity contribution in [2.75, 3.05) is 19.0 Å². The van der Waals surface area contributed by atoms with Crippen LogP contribution in [0.25, 0.3) is 10.9 Å². The summed E-state index contributed by atoms with van der Waals surface area (Å²) in [6, 6.07) is 5.74. The van der Waals surface area contributed by atoms with Gasteiger partial charge in [0, 0.05) is 37.0 Å². The van der Waals surface area contributed by atoms with Crippen LogP contribution in [0.4, 0.5) is 10.5 Å². The zero-order valence-corrected chi connectivity index (χ0v) is 12.9. The molecule has 0 saturated carbocycles. The van der Waals surface area contributed by atoms with Crippen LogP contribution >= 0.6 is 0 Å². The van der Waals surface area contributed by atoms with Crippen molar-refractivity contribution in [3.8, 4) is 0 Å². The molecule has 6 nitrogen and oxygen atoms in total. The first-order valence-electron chi connectivity index (χ1n) is 7.06. The van der Waals surface area contributed by atoms with E-state index < -0.39 is 0 Å². The molecular formula is C15H22N4O2. The van der Waals surface area contributed by atoms with Gasteiger partial charge in [-0.2, -0.15) is 5.10 Å². The summed E-state index contributed by atoms with van der Waals surface area (Å²) >= 11 is 0. The molecular weight excluding hydrogens is 268 g/mol. The molecule has 0 spiro atoms. The number of nitrogens with zero attached hydrogens (tertiary/aromatic N) is 2. The zero-order valence-electron chi connectivity index (χ0n) is 12.9. The number of benzene rings is 1. The monoisotopic (exact) mass is 290 g/mol. The molecule has 0 bridgehead atoms. The average Bonchev–Trinajstić information content (AvgIpc) is 2.88. The van der Waals surface area contributed by atoms with E-state index in [0.29, 0.717) is 12.6 Å². The topological polar surface area (TPSA) is 68.2 Å². The number of carbonyl (C=O) groups is 1. The summed E-state index contributed by atoms with van der Waals surface area (Å²) in [4.78, 5) is 11.8. The lowest BCUT2D eigenvalue weighted by Gasteiger charge is -2.11. The van der Waals surface area contributed by atoms with E-state index in [1.807, 2.05) is 36.0 Å². The van der Waals surface area contributed by atoms with Crippen molar-refractivity contribution in [3.63, 3.8) is 0 Å². The minimum Gasteiger partial charge on any atom is -0.380 e. The number of ether oxygens (including phenoxy) is 1. The molecule has 1 aromatic heterocycles. The number of aromatic nitrogens is 2. The van der Waals surface area contributed by atoms with E-state index in [1.165, 1.54) is 0 Å². The van der Waals surface area contributed by atoms with Crippen LogP contribution in [-0.2, 0) is 4.74 Å². The second kappa shape index (κ2) is 6.58. The van der Waals surface area contributed by atoms with E-state index in [-0.39, 0.29) is 12.1 Å². The number of urea groups is 1. The summed E-state index contributed by atoms with van der Waals surface area (Å²) in [5.74, 6) is 0. The number of anilines is 1. The van der Waals surface area contributed by atoms with E-state index >= 15 is 0 Å². The molecule has 0 unspecified atom stereocenters. The van der Waals surface area contributed by atoms with Crippen molar-refractivity contribution in [1.29, 1.82) is 0 Å². The van der Waals surface area contributed by atoms with Crippen molar-refractivity contribution < 1.29 is 9.53 Å². The van der Waals surface area contributed by atoms with Crippen LogP contribution in [0.2, 0.25) is 0 Å². The van der Waals surface area contributed by atoms with Gasteiger partial charge in [0.2, 0.25) is 0 Å². The van der Waals surface area contributed by atoms with Gasteiger partial charge in [0.15, 0.2) is 0 Å². The largest absolute Gasteiger partial charge is 0.380 e. The summed E-state index contributed by atoms with van der Waals surface area (Å²) < 4.78 is 6.99. The van der Waals surface area contributed by atoms with Crippen LogP contribution in [0, 0.1) is 0 Å². The number of rotatable bonds is 5. The van der Waals surface area contributed by atoms with Gasteiger partial charge in [-0.05, 0) is 39.0 Å². The van der Waals surface area contributed by atoms with Gasteiger partial charge in [0.05, 0.1) is 11.6 Å². The Balaban J connectivity index is 2.03. The number of hydrogen-bond donors (Lipinski definition) is 2. The van der Waals surface area contributed by atoms with Crippen molar-refractivity contribution in [2.45, 2.75) is 32.9 Å². The first-order chi connectivity index (χ1) is 9.99. The third-order valence-electron chi connectivity index (χ3n) is 3.26. The fourth-order valence-corrected chi connectivity index (χ4v) is 1.88. The molecule has 0 saturated heterocycles. The number of fused-ring (bicyclic) bond motifs is 1. The Kier molecular flexibility index (Phi) is 4.80. The molecule has 1 atom stereocenters. The van der Waals surface area contributed by atoms with Gasteiger partial charge < -0.3 is 15.4 Å². The van der Waals surface area contributed by atoms with E-state index in [1.54, 1.807) is 7.11 Å². The summed E-state index contributed by atoms with van der Waals surface area (Å²) in [7, 11) is 1.62. The van der Waals surface area contributed by atoms with E-state index in [4.69, 9.17) is 4.74 Å². The molecule has 0 fully saturated rings. The molecule has 1 heterocycles. The Bertz CT molecular complexity index is 621. The van der Waals surface area contributed by atoms with Crippen LogP contribution in [0.15, 0.2) is 24.4 Å².